The maximum absolute atomic E-state index is 4.09. The van der Waals surface area contributed by atoms with Gasteiger partial charge in [0.25, 0.3) is 0 Å². The van der Waals surface area contributed by atoms with Crippen molar-refractivity contribution in [2.75, 3.05) is 0 Å². The number of aromatic amines is 2. The van der Waals surface area contributed by atoms with Gasteiger partial charge in [0.05, 0.1) is 0 Å². The molecule has 0 aliphatic carbocycles. The molecule has 8 heteroatoms. The average Bonchev–Trinajstić information content (AvgIpc) is 2.98. The predicted octanol–water partition coefficient (Wildman–Crippen LogP) is 1.83. The minimum absolute atomic E-state index is 0.479. The van der Waals surface area contributed by atoms with E-state index in [4.69, 9.17) is 0 Å². The summed E-state index contributed by atoms with van der Waals surface area (Å²) < 4.78 is 0. The molecule has 18 heavy (non-hydrogen) atoms. The molecule has 2 N–H and O–H groups in total. The lowest BCUT2D eigenvalue weighted by Gasteiger charge is -1.99. The van der Waals surface area contributed by atoms with Crippen molar-refractivity contribution in [3.8, 4) is 22.8 Å². The fourth-order valence-electron chi connectivity index (χ4n) is 1.58. The Morgan fingerprint density at radius 2 is 1.28 bits per heavy atom. The van der Waals surface area contributed by atoms with Crippen molar-refractivity contribution >= 4 is 25.3 Å². The minimum Gasteiger partial charge on any atom is -0.316 e. The van der Waals surface area contributed by atoms with Crippen LogP contribution in [0.25, 0.3) is 22.8 Å². The SMILES string of the molecule is Sc1nnc(-c2cccc(-c3nnc(S)[nH]3)c2)[nH]1. The second kappa shape index (κ2) is 4.46. The monoisotopic (exact) mass is 276 g/mol. The van der Waals surface area contributed by atoms with Gasteiger partial charge < -0.3 is 9.97 Å². The van der Waals surface area contributed by atoms with Gasteiger partial charge in [-0.2, -0.15) is 0 Å². The van der Waals surface area contributed by atoms with E-state index in [9.17, 15) is 0 Å². The van der Waals surface area contributed by atoms with Gasteiger partial charge in [0.15, 0.2) is 22.0 Å². The molecule has 0 fully saturated rings. The molecule has 90 valence electrons. The highest BCUT2D eigenvalue weighted by molar-refractivity contribution is 7.80. The number of hydrogen-bond donors (Lipinski definition) is 4. The molecule has 0 bridgehead atoms. The smallest absolute Gasteiger partial charge is 0.185 e. The molecule has 0 saturated carbocycles. The van der Waals surface area contributed by atoms with Gasteiger partial charge in [-0.25, -0.2) is 0 Å². The standard InChI is InChI=1S/C10H8N6S2/c17-9-11-7(13-15-9)5-2-1-3-6(4-5)8-12-10(18)16-14-8/h1-4H,(H2,11,13,15,17)(H2,12,14,16,18). The van der Waals surface area contributed by atoms with E-state index < -0.39 is 0 Å². The number of rotatable bonds is 2. The first-order valence-corrected chi connectivity index (χ1v) is 5.96. The molecule has 0 saturated heterocycles. The molecule has 2 heterocycles. The summed E-state index contributed by atoms with van der Waals surface area (Å²) in [5.74, 6) is 1.32. The van der Waals surface area contributed by atoms with E-state index in [1.54, 1.807) is 0 Å². The molecule has 0 atom stereocenters. The zero-order valence-corrected chi connectivity index (χ0v) is 10.8. The van der Waals surface area contributed by atoms with Crippen LogP contribution in [0.2, 0.25) is 0 Å². The number of H-pyrrole nitrogens is 2. The fourth-order valence-corrected chi connectivity index (χ4v) is 1.88. The summed E-state index contributed by atoms with van der Waals surface area (Å²) in [4.78, 5) is 5.91. The molecule has 0 radical (unpaired) electrons. The van der Waals surface area contributed by atoms with Gasteiger partial charge >= 0.3 is 0 Å². The highest BCUT2D eigenvalue weighted by atomic mass is 32.1. The van der Waals surface area contributed by atoms with E-state index in [0.717, 1.165) is 11.1 Å². The third-order valence-electron chi connectivity index (χ3n) is 2.36. The summed E-state index contributed by atoms with van der Waals surface area (Å²) in [5, 5.41) is 16.5. The van der Waals surface area contributed by atoms with Crippen molar-refractivity contribution in [3.63, 3.8) is 0 Å². The first kappa shape index (κ1) is 11.3. The number of nitrogens with one attached hydrogen (secondary N) is 2. The lowest BCUT2D eigenvalue weighted by Crippen LogP contribution is -1.85. The van der Waals surface area contributed by atoms with E-state index in [0.29, 0.717) is 22.0 Å². The average molecular weight is 276 g/mol. The fraction of sp³-hybridized carbons (Fsp3) is 0. The largest absolute Gasteiger partial charge is 0.316 e. The minimum atomic E-state index is 0.479. The van der Waals surface area contributed by atoms with Crippen molar-refractivity contribution in [3.05, 3.63) is 24.3 Å². The van der Waals surface area contributed by atoms with Crippen molar-refractivity contribution in [2.24, 2.45) is 0 Å². The van der Waals surface area contributed by atoms with Gasteiger partial charge in [-0.1, -0.05) is 18.2 Å². The Kier molecular flexibility index (Phi) is 2.80. The zero-order chi connectivity index (χ0) is 12.5. The summed E-state index contributed by atoms with van der Waals surface area (Å²) in [5.41, 5.74) is 1.80. The maximum atomic E-state index is 4.09. The topological polar surface area (TPSA) is 83.1 Å². The van der Waals surface area contributed by atoms with Crippen LogP contribution in [-0.2, 0) is 0 Å². The van der Waals surface area contributed by atoms with Gasteiger partial charge in [0.1, 0.15) is 0 Å². The number of hydrogen-bond acceptors (Lipinski definition) is 6. The Morgan fingerprint density at radius 1 is 0.778 bits per heavy atom. The van der Waals surface area contributed by atoms with Crippen LogP contribution in [0.1, 0.15) is 0 Å². The van der Waals surface area contributed by atoms with Crippen molar-refractivity contribution in [2.45, 2.75) is 10.3 Å². The van der Waals surface area contributed by atoms with Crippen LogP contribution in [-0.4, -0.2) is 30.4 Å². The van der Waals surface area contributed by atoms with Crippen molar-refractivity contribution < 1.29 is 0 Å². The molecular formula is C10H8N6S2. The lowest BCUT2D eigenvalue weighted by atomic mass is 10.1. The first-order valence-electron chi connectivity index (χ1n) is 5.06. The van der Waals surface area contributed by atoms with Crippen LogP contribution >= 0.6 is 25.3 Å². The number of benzene rings is 1. The van der Waals surface area contributed by atoms with Gasteiger partial charge in [-0.3, -0.25) is 0 Å². The lowest BCUT2D eigenvalue weighted by molar-refractivity contribution is 0.980. The Balaban J connectivity index is 2.04. The molecule has 0 aliphatic rings. The normalized spacial score (nSPS) is 10.8. The van der Waals surface area contributed by atoms with Crippen LogP contribution in [0.5, 0.6) is 0 Å². The van der Waals surface area contributed by atoms with Crippen molar-refractivity contribution in [1.82, 2.24) is 30.4 Å². The van der Waals surface area contributed by atoms with E-state index >= 15 is 0 Å². The Hall–Kier alpha value is -1.80. The highest BCUT2D eigenvalue weighted by Gasteiger charge is 2.07. The number of nitrogens with zero attached hydrogens (tertiary/aromatic N) is 4. The summed E-state index contributed by atoms with van der Waals surface area (Å²) in [6, 6.07) is 7.69. The first-order chi connectivity index (χ1) is 8.72. The molecule has 2 aromatic heterocycles. The molecule has 3 aromatic rings. The third kappa shape index (κ3) is 2.12. The summed E-state index contributed by atoms with van der Waals surface area (Å²) in [6.07, 6.45) is 0. The van der Waals surface area contributed by atoms with Gasteiger partial charge in [0, 0.05) is 11.1 Å². The third-order valence-corrected chi connectivity index (χ3v) is 2.76. The molecule has 1 aromatic carbocycles. The second-order valence-corrected chi connectivity index (χ2v) is 4.42. The molecular weight excluding hydrogens is 268 g/mol. The van der Waals surface area contributed by atoms with Gasteiger partial charge in [-0.15, -0.1) is 45.7 Å². The van der Waals surface area contributed by atoms with Crippen LogP contribution in [0.15, 0.2) is 34.6 Å². The van der Waals surface area contributed by atoms with Gasteiger partial charge in [0.2, 0.25) is 0 Å². The van der Waals surface area contributed by atoms with Crippen LogP contribution < -0.4 is 0 Å². The molecule has 0 aliphatic heterocycles. The Bertz CT molecular complexity index is 634. The quantitative estimate of drug-likeness (QED) is 0.538. The maximum Gasteiger partial charge on any atom is 0.185 e. The van der Waals surface area contributed by atoms with E-state index in [1.807, 2.05) is 24.3 Å². The molecule has 0 spiro atoms. The van der Waals surface area contributed by atoms with Crippen LogP contribution in [0, 0.1) is 0 Å². The molecule has 6 nitrogen and oxygen atoms in total. The predicted molar refractivity (Wildman–Crippen MR) is 71.7 cm³/mol. The van der Waals surface area contributed by atoms with E-state index in [2.05, 4.69) is 55.6 Å². The number of aromatic nitrogens is 6. The van der Waals surface area contributed by atoms with E-state index in [-0.39, 0.29) is 0 Å². The summed E-state index contributed by atoms with van der Waals surface area (Å²) in [7, 11) is 0. The van der Waals surface area contributed by atoms with Crippen LogP contribution in [0.3, 0.4) is 0 Å². The van der Waals surface area contributed by atoms with Crippen LogP contribution in [0.4, 0.5) is 0 Å². The Morgan fingerprint density at radius 3 is 1.67 bits per heavy atom. The highest BCUT2D eigenvalue weighted by Crippen LogP contribution is 2.22. The number of thiol groups is 2. The van der Waals surface area contributed by atoms with E-state index in [1.165, 1.54) is 0 Å². The molecule has 3 rings (SSSR count). The summed E-state index contributed by atoms with van der Waals surface area (Å²) in [6.45, 7) is 0. The summed E-state index contributed by atoms with van der Waals surface area (Å²) >= 11 is 8.17. The molecule has 0 unspecified atom stereocenters. The van der Waals surface area contributed by atoms with Crippen molar-refractivity contribution in [1.29, 1.82) is 0 Å². The molecule has 0 amide bonds. The van der Waals surface area contributed by atoms with Gasteiger partial charge in [-0.05, 0) is 6.07 Å². The Labute approximate surface area is 113 Å². The second-order valence-electron chi connectivity index (χ2n) is 3.58. The zero-order valence-electron chi connectivity index (χ0n) is 8.99.